The Hall–Kier alpha value is -1.32. The highest BCUT2D eigenvalue weighted by Crippen LogP contribution is 2.67. The summed E-state index contributed by atoms with van der Waals surface area (Å²) in [5, 5.41) is 0. The Morgan fingerprint density at radius 3 is 2.37 bits per heavy atom. The number of carbonyl (C=O) groups is 2. The van der Waals surface area contributed by atoms with Crippen LogP contribution >= 0.6 is 0 Å². The van der Waals surface area contributed by atoms with Gasteiger partial charge in [-0.1, -0.05) is 65.5 Å². The molecule has 0 aromatic heterocycles. The predicted molar refractivity (Wildman–Crippen MR) is 153 cm³/mol. The van der Waals surface area contributed by atoms with E-state index in [-0.39, 0.29) is 23.5 Å². The first-order valence-electron chi connectivity index (χ1n) is 16.0. The minimum absolute atomic E-state index is 0.0235. The molecular formula is C34H56O4. The Labute approximate surface area is 233 Å². The van der Waals surface area contributed by atoms with Crippen molar-refractivity contribution < 1.29 is 19.1 Å². The monoisotopic (exact) mass is 528 g/mol. The van der Waals surface area contributed by atoms with Crippen molar-refractivity contribution in [2.24, 2.45) is 46.3 Å². The van der Waals surface area contributed by atoms with Gasteiger partial charge in [0, 0.05) is 19.3 Å². The van der Waals surface area contributed by atoms with Gasteiger partial charge in [-0.15, -0.1) is 0 Å². The van der Waals surface area contributed by atoms with Crippen LogP contribution in [0.25, 0.3) is 0 Å². The lowest BCUT2D eigenvalue weighted by atomic mass is 9.47. The van der Waals surface area contributed by atoms with E-state index in [4.69, 9.17) is 4.74 Å². The van der Waals surface area contributed by atoms with Gasteiger partial charge in [-0.25, -0.2) is 0 Å². The van der Waals surface area contributed by atoms with E-state index in [1.54, 1.807) is 5.57 Å². The SMILES string of the molecule is COC(=O)CCCCC(=O)O[C@H]1CC[C@@]2(C)C(=CCC3C2CC[C@@]2(C)C3CC[C@@H]2[C@H](C)CCCC(C)C)C1. The topological polar surface area (TPSA) is 52.6 Å². The van der Waals surface area contributed by atoms with Crippen molar-refractivity contribution in [2.75, 3.05) is 7.11 Å². The standard InChI is InChI=1S/C34H56O4/c1-23(2)10-9-11-24(3)28-16-17-29-27-15-14-25-22-26(38-32(36)13-8-7-12-31(35)37-6)18-20-33(25,4)30(27)19-21-34(28,29)5/h14,23-24,26-30H,7-13,15-22H2,1-6H3/t24-,26+,27?,28-,29?,30?,33+,34-/m1/s1. The van der Waals surface area contributed by atoms with E-state index in [1.165, 1.54) is 58.5 Å². The molecule has 0 spiro atoms. The number of esters is 2. The Kier molecular flexibility index (Phi) is 9.73. The summed E-state index contributed by atoms with van der Waals surface area (Å²) in [4.78, 5) is 23.8. The normalized spacial score (nSPS) is 37.0. The number of unbranched alkanes of at least 4 members (excludes halogenated alkanes) is 1. The molecule has 0 saturated heterocycles. The molecule has 0 aliphatic heterocycles. The van der Waals surface area contributed by atoms with Crippen LogP contribution in [0.5, 0.6) is 0 Å². The second-order valence-electron chi connectivity index (χ2n) is 14.4. The maximum atomic E-state index is 12.5. The molecule has 0 bridgehead atoms. The van der Waals surface area contributed by atoms with Crippen molar-refractivity contribution in [3.63, 3.8) is 0 Å². The smallest absolute Gasteiger partial charge is 0.306 e. The molecule has 4 nitrogen and oxygen atoms in total. The Bertz CT molecular complexity index is 861. The van der Waals surface area contributed by atoms with E-state index in [1.807, 2.05) is 0 Å². The van der Waals surface area contributed by atoms with Crippen LogP contribution in [0.3, 0.4) is 0 Å². The second kappa shape index (κ2) is 12.5. The molecule has 3 saturated carbocycles. The van der Waals surface area contributed by atoms with E-state index < -0.39 is 0 Å². The highest BCUT2D eigenvalue weighted by atomic mass is 16.5. The predicted octanol–water partition coefficient (Wildman–Crippen LogP) is 8.67. The number of methoxy groups -OCH3 is 1. The molecule has 38 heavy (non-hydrogen) atoms. The summed E-state index contributed by atoms with van der Waals surface area (Å²) >= 11 is 0. The number of allylic oxidation sites excluding steroid dienone is 1. The zero-order chi connectivity index (χ0) is 27.5. The molecule has 4 heteroatoms. The quantitative estimate of drug-likeness (QED) is 0.153. The van der Waals surface area contributed by atoms with Crippen molar-refractivity contribution in [1.82, 2.24) is 0 Å². The molecule has 216 valence electrons. The van der Waals surface area contributed by atoms with Crippen LogP contribution in [0.15, 0.2) is 11.6 Å². The average Bonchev–Trinajstić information content (AvgIpc) is 3.23. The molecule has 4 aliphatic rings. The van der Waals surface area contributed by atoms with E-state index in [9.17, 15) is 9.59 Å². The average molecular weight is 529 g/mol. The van der Waals surface area contributed by atoms with E-state index in [0.717, 1.165) is 54.8 Å². The maximum absolute atomic E-state index is 12.5. The third-order valence-corrected chi connectivity index (χ3v) is 11.8. The Morgan fingerprint density at radius 1 is 0.921 bits per heavy atom. The van der Waals surface area contributed by atoms with Crippen LogP contribution in [0.4, 0.5) is 0 Å². The van der Waals surface area contributed by atoms with Crippen LogP contribution in [0.1, 0.15) is 131 Å². The van der Waals surface area contributed by atoms with Crippen LogP contribution in [0, 0.1) is 46.3 Å². The Morgan fingerprint density at radius 2 is 1.66 bits per heavy atom. The lowest BCUT2D eigenvalue weighted by Gasteiger charge is -2.58. The molecule has 0 aromatic carbocycles. The van der Waals surface area contributed by atoms with Gasteiger partial charge in [0.2, 0.25) is 0 Å². The molecule has 4 rings (SSSR count). The minimum atomic E-state index is -0.209. The van der Waals surface area contributed by atoms with Crippen LogP contribution in [-0.4, -0.2) is 25.2 Å². The fraction of sp³-hybridized carbons (Fsp3) is 0.882. The van der Waals surface area contributed by atoms with Gasteiger partial charge < -0.3 is 9.47 Å². The molecule has 0 amide bonds. The largest absolute Gasteiger partial charge is 0.469 e. The van der Waals surface area contributed by atoms with Crippen LogP contribution < -0.4 is 0 Å². The fourth-order valence-corrected chi connectivity index (χ4v) is 9.64. The lowest BCUT2D eigenvalue weighted by Crippen LogP contribution is -2.51. The van der Waals surface area contributed by atoms with Gasteiger partial charge in [-0.05, 0) is 104 Å². The van der Waals surface area contributed by atoms with Gasteiger partial charge >= 0.3 is 11.9 Å². The number of rotatable bonds is 11. The molecule has 0 radical (unpaired) electrons. The van der Waals surface area contributed by atoms with Crippen LogP contribution in [0.2, 0.25) is 0 Å². The molecule has 0 aromatic rings. The summed E-state index contributed by atoms with van der Waals surface area (Å²) in [6, 6.07) is 0. The van der Waals surface area contributed by atoms with E-state index >= 15 is 0 Å². The molecule has 3 unspecified atom stereocenters. The number of carbonyl (C=O) groups excluding carboxylic acids is 2. The van der Waals surface area contributed by atoms with Crippen molar-refractivity contribution in [1.29, 1.82) is 0 Å². The molecule has 0 heterocycles. The third kappa shape index (κ3) is 6.20. The van der Waals surface area contributed by atoms with Crippen LogP contribution in [-0.2, 0) is 19.1 Å². The summed E-state index contributed by atoms with van der Waals surface area (Å²) in [5.41, 5.74) is 2.39. The fourth-order valence-electron chi connectivity index (χ4n) is 9.64. The number of hydrogen-bond donors (Lipinski definition) is 0. The lowest BCUT2D eigenvalue weighted by molar-refractivity contribution is -0.152. The molecular weight excluding hydrogens is 472 g/mol. The highest BCUT2D eigenvalue weighted by molar-refractivity contribution is 5.70. The van der Waals surface area contributed by atoms with Crippen molar-refractivity contribution >= 4 is 11.9 Å². The van der Waals surface area contributed by atoms with Gasteiger partial charge in [0.25, 0.3) is 0 Å². The van der Waals surface area contributed by atoms with Gasteiger partial charge in [-0.3, -0.25) is 9.59 Å². The molecule has 0 N–H and O–H groups in total. The van der Waals surface area contributed by atoms with Gasteiger partial charge in [0.15, 0.2) is 0 Å². The Balaban J connectivity index is 1.33. The second-order valence-corrected chi connectivity index (χ2v) is 14.4. The number of fused-ring (bicyclic) bond motifs is 5. The van der Waals surface area contributed by atoms with Crippen molar-refractivity contribution in [2.45, 2.75) is 137 Å². The minimum Gasteiger partial charge on any atom is -0.469 e. The molecule has 3 fully saturated rings. The van der Waals surface area contributed by atoms with E-state index in [2.05, 4.69) is 45.4 Å². The first-order valence-corrected chi connectivity index (χ1v) is 16.0. The third-order valence-electron chi connectivity index (χ3n) is 11.8. The first-order chi connectivity index (χ1) is 18.1. The van der Waals surface area contributed by atoms with Gasteiger partial charge in [0.05, 0.1) is 7.11 Å². The molecule has 4 aliphatic carbocycles. The van der Waals surface area contributed by atoms with Crippen molar-refractivity contribution in [3.05, 3.63) is 11.6 Å². The van der Waals surface area contributed by atoms with Gasteiger partial charge in [0.1, 0.15) is 6.10 Å². The number of hydrogen-bond acceptors (Lipinski definition) is 4. The number of ether oxygens (including phenoxy) is 2. The summed E-state index contributed by atoms with van der Waals surface area (Å²) < 4.78 is 10.6. The summed E-state index contributed by atoms with van der Waals surface area (Å²) in [7, 11) is 1.41. The summed E-state index contributed by atoms with van der Waals surface area (Å²) in [6.45, 7) is 12.5. The summed E-state index contributed by atoms with van der Waals surface area (Å²) in [5.74, 6) is 4.79. The maximum Gasteiger partial charge on any atom is 0.306 e. The first kappa shape index (κ1) is 29.7. The van der Waals surface area contributed by atoms with E-state index in [0.29, 0.717) is 31.1 Å². The zero-order valence-electron chi connectivity index (χ0n) is 25.4. The zero-order valence-corrected chi connectivity index (χ0v) is 25.4. The van der Waals surface area contributed by atoms with Crippen molar-refractivity contribution in [3.8, 4) is 0 Å². The molecule has 8 atom stereocenters. The van der Waals surface area contributed by atoms with Gasteiger partial charge in [-0.2, -0.15) is 0 Å². The summed E-state index contributed by atoms with van der Waals surface area (Å²) in [6.07, 6.45) is 18.9. The highest BCUT2D eigenvalue weighted by Gasteiger charge is 2.59.